The average molecular weight is 195 g/mol. The van der Waals surface area contributed by atoms with Crippen molar-refractivity contribution in [1.82, 2.24) is 4.90 Å². The third-order valence-electron chi connectivity index (χ3n) is 3.68. The SMILES string of the molecule is CC(C)CC1CCCCN1CC1CC1. The van der Waals surface area contributed by atoms with Crippen molar-refractivity contribution in [2.75, 3.05) is 13.1 Å². The summed E-state index contributed by atoms with van der Waals surface area (Å²) < 4.78 is 0. The highest BCUT2D eigenvalue weighted by molar-refractivity contribution is 4.83. The van der Waals surface area contributed by atoms with Crippen molar-refractivity contribution in [3.8, 4) is 0 Å². The molecule has 2 rings (SSSR count). The molecular formula is C13H25N. The molecule has 1 heterocycles. The van der Waals surface area contributed by atoms with Crippen LogP contribution in [0.4, 0.5) is 0 Å². The lowest BCUT2D eigenvalue weighted by Crippen LogP contribution is -2.41. The molecule has 82 valence electrons. The number of piperidine rings is 1. The number of likely N-dealkylation sites (tertiary alicyclic amines) is 1. The van der Waals surface area contributed by atoms with E-state index in [2.05, 4.69) is 18.7 Å². The third-order valence-corrected chi connectivity index (χ3v) is 3.68. The van der Waals surface area contributed by atoms with Gasteiger partial charge in [-0.2, -0.15) is 0 Å². The van der Waals surface area contributed by atoms with Crippen LogP contribution in [0.2, 0.25) is 0 Å². The Balaban J connectivity index is 1.82. The molecule has 1 saturated heterocycles. The van der Waals surface area contributed by atoms with Gasteiger partial charge in [0.05, 0.1) is 0 Å². The summed E-state index contributed by atoms with van der Waals surface area (Å²) in [6.07, 6.45) is 8.81. The van der Waals surface area contributed by atoms with Crippen molar-refractivity contribution in [3.63, 3.8) is 0 Å². The summed E-state index contributed by atoms with van der Waals surface area (Å²) in [7, 11) is 0. The maximum Gasteiger partial charge on any atom is 0.00978 e. The van der Waals surface area contributed by atoms with Crippen LogP contribution in [-0.2, 0) is 0 Å². The van der Waals surface area contributed by atoms with Crippen molar-refractivity contribution in [3.05, 3.63) is 0 Å². The fraction of sp³-hybridized carbons (Fsp3) is 1.00. The maximum atomic E-state index is 2.79. The third kappa shape index (κ3) is 2.98. The Morgan fingerprint density at radius 3 is 2.57 bits per heavy atom. The van der Waals surface area contributed by atoms with Gasteiger partial charge in [-0.1, -0.05) is 20.3 Å². The first kappa shape index (κ1) is 10.5. The molecule has 0 aromatic rings. The zero-order valence-corrected chi connectivity index (χ0v) is 9.84. The largest absolute Gasteiger partial charge is 0.300 e. The Morgan fingerprint density at radius 1 is 1.14 bits per heavy atom. The van der Waals surface area contributed by atoms with Gasteiger partial charge < -0.3 is 4.90 Å². The normalized spacial score (nSPS) is 29.8. The van der Waals surface area contributed by atoms with Crippen molar-refractivity contribution < 1.29 is 0 Å². The fourth-order valence-corrected chi connectivity index (χ4v) is 2.74. The smallest absolute Gasteiger partial charge is 0.00978 e. The summed E-state index contributed by atoms with van der Waals surface area (Å²) in [4.78, 5) is 2.79. The molecule has 2 fully saturated rings. The Kier molecular flexibility index (Phi) is 3.48. The highest BCUT2D eigenvalue weighted by atomic mass is 15.2. The highest BCUT2D eigenvalue weighted by Crippen LogP contribution is 2.33. The van der Waals surface area contributed by atoms with Gasteiger partial charge in [0.2, 0.25) is 0 Å². The van der Waals surface area contributed by atoms with Crippen LogP contribution in [0.15, 0.2) is 0 Å². The van der Waals surface area contributed by atoms with E-state index in [1.54, 1.807) is 0 Å². The molecule has 0 radical (unpaired) electrons. The fourth-order valence-electron chi connectivity index (χ4n) is 2.74. The molecule has 1 nitrogen and oxygen atoms in total. The molecule has 1 unspecified atom stereocenters. The highest BCUT2D eigenvalue weighted by Gasteiger charge is 2.29. The molecule has 1 saturated carbocycles. The summed E-state index contributed by atoms with van der Waals surface area (Å²) in [6.45, 7) is 7.53. The average Bonchev–Trinajstić information content (AvgIpc) is 2.91. The first-order valence-corrected chi connectivity index (χ1v) is 6.49. The summed E-state index contributed by atoms with van der Waals surface area (Å²) in [5, 5.41) is 0. The standard InChI is InChI=1S/C13H25N/c1-11(2)9-13-5-3-4-8-14(13)10-12-6-7-12/h11-13H,3-10H2,1-2H3. The van der Waals surface area contributed by atoms with E-state index >= 15 is 0 Å². The summed E-state index contributed by atoms with van der Waals surface area (Å²) in [6, 6.07) is 0.921. The maximum absolute atomic E-state index is 2.79. The van der Waals surface area contributed by atoms with Gasteiger partial charge in [0.15, 0.2) is 0 Å². The van der Waals surface area contributed by atoms with E-state index in [1.165, 1.54) is 51.6 Å². The zero-order valence-electron chi connectivity index (χ0n) is 9.84. The zero-order chi connectivity index (χ0) is 9.97. The van der Waals surface area contributed by atoms with Gasteiger partial charge in [0, 0.05) is 12.6 Å². The number of hydrogen-bond acceptors (Lipinski definition) is 1. The van der Waals surface area contributed by atoms with Crippen LogP contribution in [0.1, 0.15) is 52.4 Å². The molecule has 2 aliphatic rings. The van der Waals surface area contributed by atoms with Crippen LogP contribution in [0.3, 0.4) is 0 Å². The second kappa shape index (κ2) is 4.65. The quantitative estimate of drug-likeness (QED) is 0.665. The lowest BCUT2D eigenvalue weighted by Gasteiger charge is -2.36. The van der Waals surface area contributed by atoms with Gasteiger partial charge >= 0.3 is 0 Å². The molecule has 0 spiro atoms. The first-order chi connectivity index (χ1) is 6.75. The summed E-state index contributed by atoms with van der Waals surface area (Å²) in [5.41, 5.74) is 0. The topological polar surface area (TPSA) is 3.24 Å². The predicted octanol–water partition coefficient (Wildman–Crippen LogP) is 3.30. The van der Waals surface area contributed by atoms with E-state index in [0.29, 0.717) is 0 Å². The number of rotatable bonds is 4. The second-order valence-electron chi connectivity index (χ2n) is 5.72. The van der Waals surface area contributed by atoms with E-state index < -0.39 is 0 Å². The Labute approximate surface area is 88.9 Å². The molecule has 1 atom stereocenters. The van der Waals surface area contributed by atoms with Gasteiger partial charge in [0.25, 0.3) is 0 Å². The van der Waals surface area contributed by atoms with Gasteiger partial charge in [-0.25, -0.2) is 0 Å². The van der Waals surface area contributed by atoms with Gasteiger partial charge in [0.1, 0.15) is 0 Å². The number of nitrogens with zero attached hydrogens (tertiary/aromatic N) is 1. The van der Waals surface area contributed by atoms with Crippen LogP contribution in [0, 0.1) is 11.8 Å². The molecule has 1 aliphatic carbocycles. The van der Waals surface area contributed by atoms with Crippen molar-refractivity contribution >= 4 is 0 Å². The number of hydrogen-bond donors (Lipinski definition) is 0. The van der Waals surface area contributed by atoms with Crippen molar-refractivity contribution in [1.29, 1.82) is 0 Å². The lowest BCUT2D eigenvalue weighted by atomic mass is 9.94. The van der Waals surface area contributed by atoms with E-state index in [4.69, 9.17) is 0 Å². The minimum Gasteiger partial charge on any atom is -0.300 e. The van der Waals surface area contributed by atoms with Gasteiger partial charge in [-0.15, -0.1) is 0 Å². The van der Waals surface area contributed by atoms with E-state index in [1.807, 2.05) is 0 Å². The molecular weight excluding hydrogens is 170 g/mol. The molecule has 0 aromatic heterocycles. The van der Waals surface area contributed by atoms with Crippen LogP contribution in [0.25, 0.3) is 0 Å². The monoisotopic (exact) mass is 195 g/mol. The lowest BCUT2D eigenvalue weighted by molar-refractivity contribution is 0.124. The Bertz CT molecular complexity index is 160. The minimum atomic E-state index is 0.875. The van der Waals surface area contributed by atoms with Crippen molar-refractivity contribution in [2.45, 2.75) is 58.4 Å². The molecule has 0 N–H and O–H groups in total. The first-order valence-electron chi connectivity index (χ1n) is 6.49. The summed E-state index contributed by atoms with van der Waals surface area (Å²) >= 11 is 0. The molecule has 1 aliphatic heterocycles. The summed E-state index contributed by atoms with van der Waals surface area (Å²) in [5.74, 6) is 1.95. The molecule has 0 bridgehead atoms. The van der Waals surface area contributed by atoms with Crippen LogP contribution < -0.4 is 0 Å². The Hall–Kier alpha value is -0.0400. The Morgan fingerprint density at radius 2 is 1.93 bits per heavy atom. The van der Waals surface area contributed by atoms with Crippen molar-refractivity contribution in [2.24, 2.45) is 11.8 Å². The second-order valence-corrected chi connectivity index (χ2v) is 5.72. The molecule has 1 heteroatoms. The van der Waals surface area contributed by atoms with E-state index in [-0.39, 0.29) is 0 Å². The molecule has 14 heavy (non-hydrogen) atoms. The predicted molar refractivity (Wildman–Crippen MR) is 61.4 cm³/mol. The van der Waals surface area contributed by atoms with Crippen LogP contribution in [-0.4, -0.2) is 24.0 Å². The molecule has 0 amide bonds. The minimum absolute atomic E-state index is 0.875. The van der Waals surface area contributed by atoms with E-state index in [9.17, 15) is 0 Å². The molecule has 0 aromatic carbocycles. The van der Waals surface area contributed by atoms with Gasteiger partial charge in [-0.05, 0) is 50.5 Å². The van der Waals surface area contributed by atoms with Crippen LogP contribution >= 0.6 is 0 Å². The van der Waals surface area contributed by atoms with E-state index in [0.717, 1.165) is 17.9 Å². The van der Waals surface area contributed by atoms with Crippen LogP contribution in [0.5, 0.6) is 0 Å². The van der Waals surface area contributed by atoms with Gasteiger partial charge in [-0.3, -0.25) is 0 Å².